The highest BCUT2D eigenvalue weighted by Crippen LogP contribution is 2.41. The van der Waals surface area contributed by atoms with Gasteiger partial charge in [0.1, 0.15) is 65.7 Å². The number of allylic oxidation sites excluding steroid dienone is 1. The number of carboxylic acid groups (broad SMARTS) is 1. The van der Waals surface area contributed by atoms with Crippen molar-refractivity contribution in [3.05, 3.63) is 42.2 Å². The number of aliphatic hydroxyl groups is 5. The van der Waals surface area contributed by atoms with E-state index >= 15 is 0 Å². The van der Waals surface area contributed by atoms with Gasteiger partial charge in [-0.05, 0) is 68.2 Å². The van der Waals surface area contributed by atoms with Gasteiger partial charge < -0.3 is 74.8 Å². The Morgan fingerprint density at radius 3 is 2.36 bits per heavy atom. The van der Waals surface area contributed by atoms with Gasteiger partial charge in [-0.2, -0.15) is 0 Å². The van der Waals surface area contributed by atoms with Crippen molar-refractivity contribution in [1.29, 1.82) is 0 Å². The lowest BCUT2D eigenvalue weighted by Gasteiger charge is -2.49. The van der Waals surface area contributed by atoms with Gasteiger partial charge in [-0.15, -0.1) is 0 Å². The van der Waals surface area contributed by atoms with Gasteiger partial charge in [-0.25, -0.2) is 4.79 Å². The third-order valence-electron chi connectivity index (χ3n) is 13.6. The standard InChI is InChI=1S/C47H68N2O17/c1-5-27-18-29(32(53)12-9-15-48-37(54)20-28-16-23(2)61-33-21-30(52)13-14-31(28)33)19-34(43(27)66-47-42(58)41(57)39(55)24(3)62-47)64-46-38(49-25(4)51)44(40(56)36(22-50)65-46)63-35(45(59)60)17-26-10-7-6-8-11-26/h13-14,16,21,24,26-27,29,34-36,38-44,46-47,50,52,55-58H,2,5-12,15,17-20,22H2,1,3-4H3,(H,48,54)(H,49,51)(H,59,60)/t24-,27+,29?,34+,35-,36-,38?,39?,40-,41-,42-,43?,44?,46+,47?/m0/s1. The molecule has 19 nitrogen and oxygen atoms in total. The lowest BCUT2D eigenvalue weighted by atomic mass is 9.74. The Balaban J connectivity index is 1.19. The van der Waals surface area contributed by atoms with Gasteiger partial charge in [0.15, 0.2) is 18.7 Å². The molecule has 2 saturated carbocycles. The van der Waals surface area contributed by atoms with E-state index in [1.807, 2.05) is 6.92 Å². The lowest BCUT2D eigenvalue weighted by molar-refractivity contribution is -0.338. The van der Waals surface area contributed by atoms with Crippen molar-refractivity contribution in [3.63, 3.8) is 0 Å². The van der Waals surface area contributed by atoms with Crippen molar-refractivity contribution in [2.45, 2.75) is 177 Å². The maximum absolute atomic E-state index is 14.1. The number of phenols is 1. The van der Waals surface area contributed by atoms with Gasteiger partial charge in [0, 0.05) is 37.4 Å². The van der Waals surface area contributed by atoms with Crippen LogP contribution in [0.15, 0.2) is 36.6 Å². The first-order chi connectivity index (χ1) is 31.5. The summed E-state index contributed by atoms with van der Waals surface area (Å²) in [6.45, 7) is 7.90. The molecule has 15 atom stereocenters. The molecule has 0 radical (unpaired) electrons. The highest BCUT2D eigenvalue weighted by molar-refractivity contribution is 5.91. The lowest BCUT2D eigenvalue weighted by Crippen LogP contribution is -2.67. The van der Waals surface area contributed by atoms with Crippen LogP contribution in [-0.2, 0) is 42.9 Å². The monoisotopic (exact) mass is 932 g/mol. The topological polar surface area (TPSA) is 289 Å². The Kier molecular flexibility index (Phi) is 18.2. The van der Waals surface area contributed by atoms with Gasteiger partial charge in [0.05, 0.1) is 31.3 Å². The molecule has 368 valence electrons. The van der Waals surface area contributed by atoms with Gasteiger partial charge in [0.2, 0.25) is 11.8 Å². The normalized spacial score (nSPS) is 34.3. The number of rotatable bonds is 19. The van der Waals surface area contributed by atoms with Crippen LogP contribution in [0.2, 0.25) is 0 Å². The highest BCUT2D eigenvalue weighted by atomic mass is 16.7. The molecule has 6 unspecified atom stereocenters. The number of aliphatic hydroxyl groups excluding tert-OH is 5. The molecule has 5 aliphatic rings. The first kappa shape index (κ1) is 51.4. The summed E-state index contributed by atoms with van der Waals surface area (Å²) >= 11 is 0. The van der Waals surface area contributed by atoms with E-state index in [9.17, 15) is 54.9 Å². The van der Waals surface area contributed by atoms with Gasteiger partial charge in [-0.3, -0.25) is 14.4 Å². The third-order valence-corrected chi connectivity index (χ3v) is 13.6. The van der Waals surface area contributed by atoms with Crippen molar-refractivity contribution in [1.82, 2.24) is 10.6 Å². The minimum Gasteiger partial charge on any atom is -0.508 e. The average Bonchev–Trinajstić information content (AvgIpc) is 3.27. The zero-order chi connectivity index (χ0) is 47.8. The predicted octanol–water partition coefficient (Wildman–Crippen LogP) is 1.96. The number of phenolic OH excluding ortho intramolecular Hbond substituents is 1. The minimum atomic E-state index is -1.67. The van der Waals surface area contributed by atoms with Crippen LogP contribution in [0.25, 0.3) is 5.57 Å². The van der Waals surface area contributed by atoms with Crippen molar-refractivity contribution in [2.24, 2.45) is 17.8 Å². The molecule has 66 heavy (non-hydrogen) atoms. The van der Waals surface area contributed by atoms with E-state index in [-0.39, 0.29) is 55.6 Å². The van der Waals surface area contributed by atoms with Crippen LogP contribution in [0.3, 0.4) is 0 Å². The molecule has 1 aromatic carbocycles. The predicted molar refractivity (Wildman–Crippen MR) is 233 cm³/mol. The molecule has 2 saturated heterocycles. The number of hydrogen-bond donors (Lipinski definition) is 9. The Bertz CT molecular complexity index is 1890. The SMILES string of the molecule is C=C1C=C(CC(=O)NCCCC(=O)C2C[C@@H](CC)C(OC3O[C@@H](C)C(O)[C@H](O)[C@@H]3O)[C@H](O[C@@H]3O[C@@H](CO)[C@H](O)C(O[C@@H](CC4CCCCC4)C(=O)O)C3NC(C)=O)C2)c2ccc(O)cc2O1. The Morgan fingerprint density at radius 1 is 0.939 bits per heavy atom. The number of hydrogen-bond acceptors (Lipinski definition) is 16. The van der Waals surface area contributed by atoms with Gasteiger partial charge >= 0.3 is 5.97 Å². The number of aromatic hydroxyl groups is 1. The molecule has 2 aliphatic carbocycles. The number of nitrogens with one attached hydrogen (secondary N) is 2. The van der Waals surface area contributed by atoms with Crippen LogP contribution in [0.1, 0.15) is 103 Å². The molecular formula is C47H68N2O17. The average molecular weight is 933 g/mol. The van der Waals surface area contributed by atoms with Crippen LogP contribution in [0, 0.1) is 17.8 Å². The molecule has 2 amide bonds. The molecule has 6 rings (SSSR count). The van der Waals surface area contributed by atoms with Crippen LogP contribution >= 0.6 is 0 Å². The summed E-state index contributed by atoms with van der Waals surface area (Å²) < 4.78 is 36.9. The third kappa shape index (κ3) is 12.7. The van der Waals surface area contributed by atoms with E-state index in [0.717, 1.165) is 32.1 Å². The molecule has 3 aliphatic heterocycles. The van der Waals surface area contributed by atoms with Crippen molar-refractivity contribution in [3.8, 4) is 11.5 Å². The summed E-state index contributed by atoms with van der Waals surface area (Å²) in [4.78, 5) is 52.5. The van der Waals surface area contributed by atoms with Crippen molar-refractivity contribution < 1.29 is 83.3 Å². The Morgan fingerprint density at radius 2 is 1.68 bits per heavy atom. The van der Waals surface area contributed by atoms with E-state index < -0.39 is 110 Å². The molecule has 19 heteroatoms. The van der Waals surface area contributed by atoms with Gasteiger partial charge in [-0.1, -0.05) is 52.0 Å². The second-order valence-corrected chi connectivity index (χ2v) is 18.4. The number of Topliss-reactive ketones (excluding diaryl/α,β-unsaturated/α-hetero) is 1. The number of carboxylic acids is 1. The first-order valence-corrected chi connectivity index (χ1v) is 23.3. The maximum Gasteiger partial charge on any atom is 0.332 e. The molecule has 0 spiro atoms. The molecule has 0 aromatic heterocycles. The van der Waals surface area contributed by atoms with Crippen LogP contribution < -0.4 is 15.4 Å². The fraction of sp³-hybridized carbons (Fsp3) is 0.702. The summed E-state index contributed by atoms with van der Waals surface area (Å²) in [6.07, 6.45) is -8.73. The first-order valence-electron chi connectivity index (χ1n) is 23.3. The number of ketones is 1. The number of carbonyl (C=O) groups excluding carboxylic acids is 3. The number of carbonyl (C=O) groups is 4. The molecule has 0 bridgehead atoms. The highest BCUT2D eigenvalue weighted by Gasteiger charge is 2.53. The van der Waals surface area contributed by atoms with E-state index in [4.69, 9.17) is 28.4 Å². The Labute approximate surface area is 384 Å². The van der Waals surface area contributed by atoms with E-state index in [1.165, 1.54) is 26.0 Å². The molecule has 1 aromatic rings. The molecule has 9 N–H and O–H groups in total. The summed E-state index contributed by atoms with van der Waals surface area (Å²) in [5.41, 5.74) is 1.30. The largest absolute Gasteiger partial charge is 0.508 e. The number of ether oxygens (including phenoxy) is 6. The van der Waals surface area contributed by atoms with E-state index in [0.29, 0.717) is 41.9 Å². The maximum atomic E-state index is 14.1. The minimum absolute atomic E-state index is 0.00372. The van der Waals surface area contributed by atoms with Crippen LogP contribution in [0.5, 0.6) is 11.5 Å². The smallest absolute Gasteiger partial charge is 0.332 e. The quantitative estimate of drug-likeness (QED) is 0.0897. The second-order valence-electron chi connectivity index (χ2n) is 18.4. The summed E-state index contributed by atoms with van der Waals surface area (Å²) in [5, 5.41) is 79.7. The summed E-state index contributed by atoms with van der Waals surface area (Å²) in [7, 11) is 0. The van der Waals surface area contributed by atoms with Crippen LogP contribution in [0.4, 0.5) is 0 Å². The van der Waals surface area contributed by atoms with Crippen molar-refractivity contribution >= 4 is 29.1 Å². The second kappa shape index (κ2) is 23.3. The number of fused-ring (bicyclic) bond motifs is 1. The Hall–Kier alpha value is -4.02. The van der Waals surface area contributed by atoms with Crippen molar-refractivity contribution in [2.75, 3.05) is 13.2 Å². The number of aliphatic carboxylic acids is 1. The van der Waals surface area contributed by atoms with Gasteiger partial charge in [0.25, 0.3) is 0 Å². The summed E-state index contributed by atoms with van der Waals surface area (Å²) in [6, 6.07) is 3.27. The van der Waals surface area contributed by atoms with E-state index in [1.54, 1.807) is 12.1 Å². The molecular weight excluding hydrogens is 865 g/mol. The zero-order valence-electron chi connectivity index (χ0n) is 37.9. The molecule has 3 heterocycles. The number of amides is 2. The fourth-order valence-corrected chi connectivity index (χ4v) is 10.0. The summed E-state index contributed by atoms with van der Waals surface area (Å²) in [5.74, 6) is -2.53. The zero-order valence-corrected chi connectivity index (χ0v) is 37.9. The van der Waals surface area contributed by atoms with E-state index in [2.05, 4.69) is 17.2 Å². The molecule has 4 fully saturated rings. The van der Waals surface area contributed by atoms with Crippen LogP contribution in [-0.4, -0.2) is 152 Å². The number of benzene rings is 1. The fourth-order valence-electron chi connectivity index (χ4n) is 10.0.